The number of carbonyl (C=O) groups excluding carboxylic acids is 3. The molecule has 0 saturated carbocycles. The number of primary amides is 1. The van der Waals surface area contributed by atoms with Crippen LogP contribution in [0.3, 0.4) is 0 Å². The van der Waals surface area contributed by atoms with Gasteiger partial charge in [-0.2, -0.15) is 5.10 Å². The second-order valence-electron chi connectivity index (χ2n) is 4.57. The largest absolute Gasteiger partial charge is 0.465 e. The summed E-state index contributed by atoms with van der Waals surface area (Å²) < 4.78 is 6.67. The lowest BCUT2D eigenvalue weighted by atomic mass is 10.1. The van der Waals surface area contributed by atoms with Crippen LogP contribution in [0.25, 0.3) is 0 Å². The number of nitrogens with zero attached hydrogens (tertiary/aromatic N) is 2. The summed E-state index contributed by atoms with van der Waals surface area (Å²) in [6.07, 6.45) is 1.62. The number of thiophene rings is 1. The molecule has 0 saturated heterocycles. The van der Waals surface area contributed by atoms with Gasteiger partial charge >= 0.3 is 5.97 Å². The first-order valence-electron chi connectivity index (χ1n) is 6.28. The average molecular weight is 401 g/mol. The van der Waals surface area contributed by atoms with E-state index in [0.717, 1.165) is 11.3 Å². The van der Waals surface area contributed by atoms with Gasteiger partial charge in [0.2, 0.25) is 0 Å². The lowest BCUT2D eigenvalue weighted by Crippen LogP contribution is -2.15. The molecule has 0 aliphatic rings. The fraction of sp³-hybridized carbons (Fsp3) is 0.231. The van der Waals surface area contributed by atoms with Crippen LogP contribution in [-0.2, 0) is 11.8 Å². The quantitative estimate of drug-likeness (QED) is 0.757. The Morgan fingerprint density at radius 1 is 1.43 bits per heavy atom. The van der Waals surface area contributed by atoms with Crippen molar-refractivity contribution in [2.24, 2.45) is 12.8 Å². The molecule has 0 aliphatic carbocycles. The molecule has 0 spiro atoms. The number of rotatable bonds is 4. The van der Waals surface area contributed by atoms with Crippen molar-refractivity contribution in [2.75, 3.05) is 12.4 Å². The van der Waals surface area contributed by atoms with Gasteiger partial charge in [0.1, 0.15) is 5.00 Å². The number of esters is 1. The van der Waals surface area contributed by atoms with E-state index in [1.807, 2.05) is 0 Å². The van der Waals surface area contributed by atoms with Crippen LogP contribution in [0.15, 0.2) is 10.7 Å². The van der Waals surface area contributed by atoms with Gasteiger partial charge in [-0.1, -0.05) is 0 Å². The number of nitrogens with two attached hydrogens (primary N) is 1. The Labute approximate surface area is 143 Å². The Hall–Kier alpha value is -2.20. The second kappa shape index (κ2) is 6.50. The van der Waals surface area contributed by atoms with Gasteiger partial charge in [-0.15, -0.1) is 11.3 Å². The smallest absolute Gasteiger partial charge is 0.341 e. The first-order chi connectivity index (χ1) is 10.8. The van der Waals surface area contributed by atoms with E-state index < -0.39 is 17.8 Å². The highest BCUT2D eigenvalue weighted by molar-refractivity contribution is 9.10. The molecule has 2 rings (SSSR count). The molecule has 2 amide bonds. The van der Waals surface area contributed by atoms with Gasteiger partial charge in [-0.3, -0.25) is 14.3 Å². The van der Waals surface area contributed by atoms with Crippen LogP contribution in [0.5, 0.6) is 0 Å². The molecule has 0 fully saturated rings. The van der Waals surface area contributed by atoms with Crippen LogP contribution in [-0.4, -0.2) is 34.7 Å². The first kappa shape index (κ1) is 17.2. The maximum atomic E-state index is 12.3. The fourth-order valence-electron chi connectivity index (χ4n) is 1.96. The number of ether oxygens (including phenoxy) is 1. The number of anilines is 1. The van der Waals surface area contributed by atoms with E-state index in [-0.39, 0.29) is 21.1 Å². The van der Waals surface area contributed by atoms with Crippen molar-refractivity contribution in [1.82, 2.24) is 9.78 Å². The van der Waals surface area contributed by atoms with Crippen molar-refractivity contribution in [3.8, 4) is 0 Å². The Morgan fingerprint density at radius 3 is 2.57 bits per heavy atom. The number of nitrogens with one attached hydrogen (secondary N) is 1. The van der Waals surface area contributed by atoms with Crippen molar-refractivity contribution in [1.29, 1.82) is 0 Å². The molecule has 122 valence electrons. The first-order valence-corrected chi connectivity index (χ1v) is 7.89. The number of hydrogen-bond acceptors (Lipinski definition) is 6. The maximum absolute atomic E-state index is 12.3. The Balaban J connectivity index is 2.44. The summed E-state index contributed by atoms with van der Waals surface area (Å²) in [4.78, 5) is 35.9. The van der Waals surface area contributed by atoms with Gasteiger partial charge in [0.15, 0.2) is 5.69 Å². The van der Waals surface area contributed by atoms with E-state index >= 15 is 0 Å². The van der Waals surface area contributed by atoms with E-state index in [9.17, 15) is 14.4 Å². The van der Waals surface area contributed by atoms with Gasteiger partial charge in [-0.25, -0.2) is 4.79 Å². The minimum atomic E-state index is -0.683. The van der Waals surface area contributed by atoms with Crippen LogP contribution >= 0.6 is 27.3 Å². The van der Waals surface area contributed by atoms with Crippen LogP contribution in [0.2, 0.25) is 0 Å². The number of aryl methyl sites for hydroxylation is 1. The zero-order valence-electron chi connectivity index (χ0n) is 12.5. The molecule has 8 nitrogen and oxygen atoms in total. The number of halogens is 1. The average Bonchev–Trinajstić information content (AvgIpc) is 2.98. The van der Waals surface area contributed by atoms with Gasteiger partial charge < -0.3 is 15.8 Å². The summed E-state index contributed by atoms with van der Waals surface area (Å²) in [6, 6.07) is 0. The van der Waals surface area contributed by atoms with Gasteiger partial charge in [0.25, 0.3) is 11.8 Å². The molecule has 23 heavy (non-hydrogen) atoms. The van der Waals surface area contributed by atoms with Crippen molar-refractivity contribution in [2.45, 2.75) is 6.92 Å². The zero-order valence-corrected chi connectivity index (χ0v) is 14.9. The minimum absolute atomic E-state index is 0.103. The summed E-state index contributed by atoms with van der Waals surface area (Å²) in [6.45, 7) is 1.56. The lowest BCUT2D eigenvalue weighted by molar-refractivity contribution is 0.0601. The highest BCUT2D eigenvalue weighted by atomic mass is 79.9. The summed E-state index contributed by atoms with van der Waals surface area (Å²) in [5, 5.41) is 6.78. The second-order valence-corrected chi connectivity index (χ2v) is 6.44. The number of carbonyl (C=O) groups is 3. The molecule has 0 unspecified atom stereocenters. The summed E-state index contributed by atoms with van der Waals surface area (Å²) in [7, 11) is 2.88. The Kier molecular flexibility index (Phi) is 4.85. The predicted molar refractivity (Wildman–Crippen MR) is 87.8 cm³/mol. The molecule has 10 heteroatoms. The molecule has 0 radical (unpaired) electrons. The number of aromatic nitrogens is 2. The third-order valence-electron chi connectivity index (χ3n) is 2.99. The van der Waals surface area contributed by atoms with Crippen molar-refractivity contribution < 1.29 is 19.1 Å². The highest BCUT2D eigenvalue weighted by Crippen LogP contribution is 2.34. The monoisotopic (exact) mass is 400 g/mol. The zero-order chi connectivity index (χ0) is 17.3. The van der Waals surface area contributed by atoms with E-state index in [1.165, 1.54) is 11.8 Å². The number of amides is 2. The van der Waals surface area contributed by atoms with Gasteiger partial charge in [-0.05, 0) is 28.4 Å². The van der Waals surface area contributed by atoms with E-state index in [2.05, 4.69) is 26.3 Å². The van der Waals surface area contributed by atoms with Crippen LogP contribution < -0.4 is 11.1 Å². The van der Waals surface area contributed by atoms with Crippen LogP contribution in [0, 0.1) is 6.92 Å². The molecule has 2 heterocycles. The predicted octanol–water partition coefficient (Wildman–Crippen LogP) is 1.69. The minimum Gasteiger partial charge on any atom is -0.465 e. The SMILES string of the molecule is COC(=O)c1c(NC(=O)c2nn(C)cc2Br)sc(C(N)=O)c1C. The Bertz CT molecular complexity index is 811. The molecule has 2 aromatic heterocycles. The molecule has 2 aromatic rings. The van der Waals surface area contributed by atoms with E-state index in [4.69, 9.17) is 10.5 Å². The molecule has 0 aliphatic heterocycles. The lowest BCUT2D eigenvalue weighted by Gasteiger charge is -2.05. The van der Waals surface area contributed by atoms with Crippen LogP contribution in [0.4, 0.5) is 5.00 Å². The highest BCUT2D eigenvalue weighted by Gasteiger charge is 2.26. The van der Waals surface area contributed by atoms with E-state index in [0.29, 0.717) is 10.0 Å². The topological polar surface area (TPSA) is 116 Å². The van der Waals surface area contributed by atoms with Gasteiger partial charge in [0, 0.05) is 13.2 Å². The molecule has 3 N–H and O–H groups in total. The third-order valence-corrected chi connectivity index (χ3v) is 4.79. The summed E-state index contributed by atoms with van der Waals surface area (Å²) in [5.41, 5.74) is 5.91. The van der Waals surface area contributed by atoms with Crippen molar-refractivity contribution in [3.63, 3.8) is 0 Å². The summed E-state index contributed by atoms with van der Waals surface area (Å²) in [5.74, 6) is -1.88. The normalized spacial score (nSPS) is 10.4. The maximum Gasteiger partial charge on any atom is 0.341 e. The van der Waals surface area contributed by atoms with E-state index in [1.54, 1.807) is 20.2 Å². The Morgan fingerprint density at radius 2 is 2.09 bits per heavy atom. The molecule has 0 atom stereocenters. The van der Waals surface area contributed by atoms with Gasteiger partial charge in [0.05, 0.1) is 22.0 Å². The van der Waals surface area contributed by atoms with Crippen molar-refractivity contribution >= 4 is 50.1 Å². The summed E-state index contributed by atoms with van der Waals surface area (Å²) >= 11 is 4.14. The number of methoxy groups -OCH3 is 1. The fourth-order valence-corrected chi connectivity index (χ4v) is 3.56. The molecular weight excluding hydrogens is 388 g/mol. The number of hydrogen-bond donors (Lipinski definition) is 2. The molecular formula is C13H13BrN4O4S. The molecule has 0 aromatic carbocycles. The standard InChI is InChI=1S/C13H13BrN4O4S/c1-5-7(13(21)22-3)12(23-9(5)10(15)19)16-11(20)8-6(14)4-18(2)17-8/h4H,1-3H3,(H2,15,19)(H,16,20). The molecule has 0 bridgehead atoms. The third kappa shape index (κ3) is 3.27. The van der Waals surface area contributed by atoms with Crippen molar-refractivity contribution in [3.05, 3.63) is 32.4 Å². The van der Waals surface area contributed by atoms with Crippen LogP contribution in [0.1, 0.15) is 36.1 Å².